The average Bonchev–Trinajstić information content (AvgIpc) is 2.93. The number of esters is 1. The second kappa shape index (κ2) is 7.72. The zero-order valence-corrected chi connectivity index (χ0v) is 15.1. The number of benzene rings is 2. The highest BCUT2D eigenvalue weighted by Crippen LogP contribution is 2.38. The predicted octanol–water partition coefficient (Wildman–Crippen LogP) is 4.40. The Bertz CT molecular complexity index is 978. The molecule has 0 aliphatic carbocycles. The van der Waals surface area contributed by atoms with Crippen LogP contribution in [0.3, 0.4) is 0 Å². The molecule has 3 aromatic rings. The molecule has 0 radical (unpaired) electrons. The van der Waals surface area contributed by atoms with Crippen LogP contribution in [0.15, 0.2) is 46.9 Å². The van der Waals surface area contributed by atoms with Crippen LogP contribution in [0.2, 0.25) is 5.02 Å². The molecule has 0 amide bonds. The number of carbonyl (C=O) groups excluding carboxylic acids is 1. The maximum Gasteiger partial charge on any atom is 0.331 e. The van der Waals surface area contributed by atoms with Gasteiger partial charge in [-0.15, -0.1) is 0 Å². The van der Waals surface area contributed by atoms with Crippen LogP contribution >= 0.6 is 11.6 Å². The summed E-state index contributed by atoms with van der Waals surface area (Å²) in [6.45, 7) is 1.08. The van der Waals surface area contributed by atoms with E-state index in [1.54, 1.807) is 24.3 Å². The van der Waals surface area contributed by atoms with E-state index in [0.717, 1.165) is 11.9 Å². The number of halogens is 1. The highest BCUT2D eigenvalue weighted by Gasteiger charge is 2.15. The van der Waals surface area contributed by atoms with Gasteiger partial charge >= 0.3 is 5.97 Å². The number of oxazole rings is 1. The lowest BCUT2D eigenvalue weighted by atomic mass is 10.2. The first-order valence-electron chi connectivity index (χ1n) is 8.47. The van der Waals surface area contributed by atoms with Gasteiger partial charge in [0.15, 0.2) is 23.7 Å². The van der Waals surface area contributed by atoms with E-state index in [1.807, 2.05) is 18.2 Å². The van der Waals surface area contributed by atoms with Crippen molar-refractivity contribution < 1.29 is 23.4 Å². The Hall–Kier alpha value is -2.99. The van der Waals surface area contributed by atoms with Crippen molar-refractivity contribution in [3.8, 4) is 11.5 Å². The van der Waals surface area contributed by atoms with Crippen molar-refractivity contribution in [2.75, 3.05) is 13.2 Å². The van der Waals surface area contributed by atoms with E-state index in [0.29, 0.717) is 46.8 Å². The SMILES string of the molecule is O=C(/C=C/c1cc(Cl)c2c(c1)OCCCO2)OCc1nc2ccccc2o1. The van der Waals surface area contributed by atoms with Gasteiger partial charge in [0.05, 0.1) is 18.2 Å². The largest absolute Gasteiger partial charge is 0.489 e. The standard InChI is InChI=1S/C20H16ClNO5/c21-14-10-13(11-17-20(14)25-9-3-8-24-17)6-7-19(23)26-12-18-22-15-4-1-2-5-16(15)27-18/h1-2,4-7,10-11H,3,8-9,12H2/b7-6+. The normalized spacial score (nSPS) is 13.7. The van der Waals surface area contributed by atoms with Gasteiger partial charge in [-0.1, -0.05) is 23.7 Å². The van der Waals surface area contributed by atoms with Gasteiger partial charge in [-0.25, -0.2) is 9.78 Å². The minimum absolute atomic E-state index is 0.0419. The summed E-state index contributed by atoms with van der Waals surface area (Å²) in [6.07, 6.45) is 3.71. The van der Waals surface area contributed by atoms with Gasteiger partial charge in [-0.05, 0) is 35.9 Å². The molecule has 6 nitrogen and oxygen atoms in total. The number of hydrogen-bond acceptors (Lipinski definition) is 6. The molecule has 2 heterocycles. The van der Waals surface area contributed by atoms with Gasteiger partial charge in [-0.2, -0.15) is 0 Å². The fourth-order valence-electron chi connectivity index (χ4n) is 2.67. The molecule has 0 saturated heterocycles. The fraction of sp³-hybridized carbons (Fsp3) is 0.200. The summed E-state index contributed by atoms with van der Waals surface area (Å²) in [7, 11) is 0. The molecule has 0 atom stereocenters. The monoisotopic (exact) mass is 385 g/mol. The smallest absolute Gasteiger partial charge is 0.331 e. The lowest BCUT2D eigenvalue weighted by Gasteiger charge is -2.09. The summed E-state index contributed by atoms with van der Waals surface area (Å²) in [4.78, 5) is 16.2. The molecule has 0 saturated carbocycles. The van der Waals surface area contributed by atoms with Crippen LogP contribution in [-0.4, -0.2) is 24.2 Å². The van der Waals surface area contributed by atoms with Crippen LogP contribution in [0, 0.1) is 0 Å². The highest BCUT2D eigenvalue weighted by molar-refractivity contribution is 6.32. The molecular weight excluding hydrogens is 370 g/mol. The van der Waals surface area contributed by atoms with Crippen molar-refractivity contribution in [1.82, 2.24) is 4.98 Å². The van der Waals surface area contributed by atoms with Crippen LogP contribution in [0.5, 0.6) is 11.5 Å². The molecule has 4 rings (SSSR count). The fourth-order valence-corrected chi connectivity index (χ4v) is 2.95. The molecule has 0 N–H and O–H groups in total. The molecule has 138 valence electrons. The van der Waals surface area contributed by atoms with E-state index in [2.05, 4.69) is 4.98 Å². The molecule has 7 heteroatoms. The molecule has 0 spiro atoms. The van der Waals surface area contributed by atoms with Gasteiger partial charge in [0.1, 0.15) is 5.52 Å². The third-order valence-electron chi connectivity index (χ3n) is 3.91. The second-order valence-corrected chi connectivity index (χ2v) is 6.30. The molecular formula is C20H16ClNO5. The van der Waals surface area contributed by atoms with Crippen LogP contribution < -0.4 is 9.47 Å². The number of nitrogens with zero attached hydrogens (tertiary/aromatic N) is 1. The number of fused-ring (bicyclic) bond motifs is 2. The summed E-state index contributed by atoms with van der Waals surface area (Å²) in [6, 6.07) is 10.8. The summed E-state index contributed by atoms with van der Waals surface area (Å²) < 4.78 is 21.9. The maximum absolute atomic E-state index is 12.0. The highest BCUT2D eigenvalue weighted by atomic mass is 35.5. The Morgan fingerprint density at radius 3 is 2.96 bits per heavy atom. The summed E-state index contributed by atoms with van der Waals surface area (Å²) in [5.41, 5.74) is 2.09. The predicted molar refractivity (Wildman–Crippen MR) is 99.9 cm³/mol. The van der Waals surface area contributed by atoms with Crippen LogP contribution in [0.1, 0.15) is 17.9 Å². The van der Waals surface area contributed by atoms with E-state index in [-0.39, 0.29) is 6.61 Å². The molecule has 1 aromatic heterocycles. The molecule has 0 unspecified atom stereocenters. The number of para-hydroxylation sites is 2. The Labute approximate surface area is 160 Å². The first-order valence-corrected chi connectivity index (χ1v) is 8.85. The molecule has 1 aliphatic heterocycles. The Morgan fingerprint density at radius 2 is 2.07 bits per heavy atom. The quantitative estimate of drug-likeness (QED) is 0.489. The first kappa shape index (κ1) is 17.4. The van der Waals surface area contributed by atoms with Gasteiger partial charge in [0.2, 0.25) is 5.89 Å². The van der Waals surface area contributed by atoms with Gasteiger partial charge in [-0.3, -0.25) is 0 Å². The van der Waals surface area contributed by atoms with Crippen LogP contribution in [0.4, 0.5) is 0 Å². The molecule has 1 aliphatic rings. The topological polar surface area (TPSA) is 70.8 Å². The number of rotatable bonds is 4. The Morgan fingerprint density at radius 1 is 1.22 bits per heavy atom. The minimum atomic E-state index is -0.513. The lowest BCUT2D eigenvalue weighted by Crippen LogP contribution is -2.00. The third kappa shape index (κ3) is 4.06. The van der Waals surface area contributed by atoms with Crippen LogP contribution in [-0.2, 0) is 16.1 Å². The summed E-state index contributed by atoms with van der Waals surface area (Å²) >= 11 is 6.24. The zero-order valence-electron chi connectivity index (χ0n) is 14.3. The molecule has 27 heavy (non-hydrogen) atoms. The molecule has 2 aromatic carbocycles. The van der Waals surface area contributed by atoms with Gasteiger partial charge < -0.3 is 18.6 Å². The van der Waals surface area contributed by atoms with Crippen LogP contribution in [0.25, 0.3) is 17.2 Å². The van der Waals surface area contributed by atoms with Crippen molar-refractivity contribution >= 4 is 34.7 Å². The zero-order chi connectivity index (χ0) is 18.6. The Balaban J connectivity index is 1.41. The number of carbonyl (C=O) groups is 1. The maximum atomic E-state index is 12.0. The first-order chi connectivity index (χ1) is 13.2. The third-order valence-corrected chi connectivity index (χ3v) is 4.19. The van der Waals surface area contributed by atoms with E-state index >= 15 is 0 Å². The lowest BCUT2D eigenvalue weighted by molar-refractivity contribution is -0.139. The van der Waals surface area contributed by atoms with Crippen molar-refractivity contribution in [2.45, 2.75) is 13.0 Å². The van der Waals surface area contributed by atoms with Crippen molar-refractivity contribution in [3.05, 3.63) is 59.0 Å². The van der Waals surface area contributed by atoms with E-state index < -0.39 is 5.97 Å². The van der Waals surface area contributed by atoms with Crippen molar-refractivity contribution in [2.24, 2.45) is 0 Å². The summed E-state index contributed by atoms with van der Waals surface area (Å²) in [5.74, 6) is 0.932. The van der Waals surface area contributed by atoms with Crippen molar-refractivity contribution in [3.63, 3.8) is 0 Å². The molecule has 0 fully saturated rings. The van der Waals surface area contributed by atoms with E-state index in [9.17, 15) is 4.79 Å². The van der Waals surface area contributed by atoms with Gasteiger partial charge in [0.25, 0.3) is 0 Å². The number of aromatic nitrogens is 1. The minimum Gasteiger partial charge on any atom is -0.489 e. The number of hydrogen-bond donors (Lipinski definition) is 0. The Kier molecular flexibility index (Phi) is 4.98. The van der Waals surface area contributed by atoms with Gasteiger partial charge in [0, 0.05) is 12.5 Å². The average molecular weight is 386 g/mol. The second-order valence-electron chi connectivity index (χ2n) is 5.90. The molecule has 0 bridgehead atoms. The van der Waals surface area contributed by atoms with E-state index in [1.165, 1.54) is 6.08 Å². The van der Waals surface area contributed by atoms with E-state index in [4.69, 9.17) is 30.2 Å². The summed E-state index contributed by atoms with van der Waals surface area (Å²) in [5, 5.41) is 0.439. The van der Waals surface area contributed by atoms with Crippen molar-refractivity contribution in [1.29, 1.82) is 0 Å². The number of ether oxygens (including phenoxy) is 3.